The van der Waals surface area contributed by atoms with E-state index in [2.05, 4.69) is 32.1 Å². The van der Waals surface area contributed by atoms with Crippen LogP contribution in [0.15, 0.2) is 24.3 Å². The second-order valence-corrected chi connectivity index (χ2v) is 6.41. The van der Waals surface area contributed by atoms with Gasteiger partial charge in [-0.1, -0.05) is 17.4 Å². The highest BCUT2D eigenvalue weighted by Gasteiger charge is 2.17. The minimum absolute atomic E-state index is 0. The molecule has 6 nitrogen and oxygen atoms in total. The van der Waals surface area contributed by atoms with Crippen molar-refractivity contribution in [3.63, 3.8) is 0 Å². The minimum Gasteiger partial charge on any atom is -0.497 e. The highest BCUT2D eigenvalue weighted by Crippen LogP contribution is 2.22. The predicted octanol–water partition coefficient (Wildman–Crippen LogP) is 1.92. The molecule has 3 rings (SSSR count). The van der Waals surface area contributed by atoms with E-state index in [1.807, 2.05) is 12.1 Å². The summed E-state index contributed by atoms with van der Waals surface area (Å²) in [6, 6.07) is 8.26. The molecule has 1 aromatic carbocycles. The molecule has 2 aromatic rings. The maximum Gasteiger partial charge on any atom is 0.203 e. The highest BCUT2D eigenvalue weighted by atomic mass is 35.5. The van der Waals surface area contributed by atoms with Gasteiger partial charge in [0.1, 0.15) is 10.8 Å². The van der Waals surface area contributed by atoms with Crippen LogP contribution in [0.25, 0.3) is 0 Å². The number of methoxy groups -OCH3 is 1. The number of hydrogen-bond donors (Lipinski definition) is 1. The van der Waals surface area contributed by atoms with Crippen molar-refractivity contribution in [2.75, 3.05) is 50.5 Å². The van der Waals surface area contributed by atoms with Gasteiger partial charge in [-0.05, 0) is 12.1 Å². The molecule has 2 N–H and O–H groups in total. The summed E-state index contributed by atoms with van der Waals surface area (Å²) in [5.41, 5.74) is 6.84. The lowest BCUT2D eigenvalue weighted by Crippen LogP contribution is -2.47. The molecule has 0 amide bonds. The zero-order chi connectivity index (χ0) is 15.4. The van der Waals surface area contributed by atoms with E-state index in [1.54, 1.807) is 7.11 Å². The van der Waals surface area contributed by atoms with Gasteiger partial charge in [0.15, 0.2) is 0 Å². The summed E-state index contributed by atoms with van der Waals surface area (Å²) in [6.45, 7) is 5.20. The van der Waals surface area contributed by atoms with E-state index in [0.717, 1.165) is 49.9 Å². The lowest BCUT2D eigenvalue weighted by atomic mass is 10.2. The van der Waals surface area contributed by atoms with Crippen molar-refractivity contribution in [3.8, 4) is 5.75 Å². The molecule has 2 heterocycles. The minimum atomic E-state index is 0. The average molecular weight is 356 g/mol. The zero-order valence-corrected chi connectivity index (χ0v) is 14.8. The maximum atomic E-state index is 5.61. The second kappa shape index (κ2) is 8.33. The fourth-order valence-electron chi connectivity index (χ4n) is 2.66. The van der Waals surface area contributed by atoms with Crippen LogP contribution in [-0.2, 0) is 6.42 Å². The van der Waals surface area contributed by atoms with Gasteiger partial charge in [-0.3, -0.25) is 4.90 Å². The Labute approximate surface area is 146 Å². The van der Waals surface area contributed by atoms with Crippen LogP contribution in [0.1, 0.15) is 5.01 Å². The Morgan fingerprint density at radius 2 is 2.00 bits per heavy atom. The van der Waals surface area contributed by atoms with Crippen LogP contribution in [0.2, 0.25) is 0 Å². The van der Waals surface area contributed by atoms with Crippen LogP contribution in [0.5, 0.6) is 5.75 Å². The van der Waals surface area contributed by atoms with Crippen LogP contribution in [-0.4, -0.2) is 54.9 Å². The number of nitrogens with zero attached hydrogens (tertiary/aromatic N) is 4. The molecule has 1 aliphatic heterocycles. The van der Waals surface area contributed by atoms with E-state index in [4.69, 9.17) is 10.5 Å². The fraction of sp³-hybridized carbons (Fsp3) is 0.467. The number of nitrogens with two attached hydrogens (primary N) is 1. The maximum absolute atomic E-state index is 5.61. The van der Waals surface area contributed by atoms with Gasteiger partial charge < -0.3 is 15.4 Å². The van der Waals surface area contributed by atoms with Gasteiger partial charge in [-0.2, -0.15) is 0 Å². The Morgan fingerprint density at radius 3 is 2.65 bits per heavy atom. The van der Waals surface area contributed by atoms with Crippen LogP contribution in [0.3, 0.4) is 0 Å². The lowest BCUT2D eigenvalue weighted by molar-refractivity contribution is 0.260. The average Bonchev–Trinajstić information content (AvgIpc) is 2.99. The highest BCUT2D eigenvalue weighted by molar-refractivity contribution is 7.15. The summed E-state index contributed by atoms with van der Waals surface area (Å²) in [4.78, 5) is 4.87. The Balaban J connectivity index is 0.00000192. The van der Waals surface area contributed by atoms with Crippen LogP contribution in [0.4, 0.5) is 10.8 Å². The van der Waals surface area contributed by atoms with Crippen molar-refractivity contribution in [2.45, 2.75) is 6.42 Å². The molecule has 1 aliphatic rings. The number of benzene rings is 1. The Kier molecular flexibility index (Phi) is 6.44. The number of ether oxygens (including phenoxy) is 1. The van der Waals surface area contributed by atoms with E-state index in [9.17, 15) is 0 Å². The first-order chi connectivity index (χ1) is 10.7. The monoisotopic (exact) mass is 355 g/mol. The van der Waals surface area contributed by atoms with Gasteiger partial charge in [0, 0.05) is 50.9 Å². The summed E-state index contributed by atoms with van der Waals surface area (Å²) in [5.74, 6) is 0.911. The van der Waals surface area contributed by atoms with Crippen molar-refractivity contribution in [2.24, 2.45) is 0 Å². The van der Waals surface area contributed by atoms with Crippen LogP contribution < -0.4 is 15.4 Å². The van der Waals surface area contributed by atoms with Crippen molar-refractivity contribution in [3.05, 3.63) is 29.3 Å². The zero-order valence-electron chi connectivity index (χ0n) is 13.1. The summed E-state index contributed by atoms with van der Waals surface area (Å²) in [6.07, 6.45) is 0.925. The molecule has 1 aromatic heterocycles. The molecule has 0 unspecified atom stereocenters. The van der Waals surface area contributed by atoms with Gasteiger partial charge in [0.2, 0.25) is 5.13 Å². The molecule has 1 fully saturated rings. The predicted molar refractivity (Wildman–Crippen MR) is 96.9 cm³/mol. The molecule has 0 aliphatic carbocycles. The molecular weight excluding hydrogens is 334 g/mol. The number of anilines is 2. The smallest absolute Gasteiger partial charge is 0.203 e. The Hall–Kier alpha value is -1.57. The topological polar surface area (TPSA) is 67.5 Å². The molecule has 0 spiro atoms. The second-order valence-electron chi connectivity index (χ2n) is 5.31. The van der Waals surface area contributed by atoms with E-state index in [0.29, 0.717) is 5.13 Å². The number of nitrogen functional groups attached to an aromatic ring is 1. The molecule has 0 bridgehead atoms. The molecular formula is C15H22ClN5OS. The standard InChI is InChI=1S/C15H21N5OS.ClH/c1-21-13-4-2-3-12(11-13)20-9-7-19(8-10-20)6-5-14-17-18-15(16)22-14;/h2-4,11H,5-10H2,1H3,(H2,16,18);1H. The first-order valence-electron chi connectivity index (χ1n) is 7.44. The van der Waals surface area contributed by atoms with E-state index in [-0.39, 0.29) is 12.4 Å². The SMILES string of the molecule is COc1cccc(N2CCN(CCc3nnc(N)s3)CC2)c1.Cl. The number of aromatic nitrogens is 2. The first kappa shape index (κ1) is 17.8. The van der Waals surface area contributed by atoms with Crippen LogP contribution >= 0.6 is 23.7 Å². The quantitative estimate of drug-likeness (QED) is 0.883. The van der Waals surface area contributed by atoms with E-state index < -0.39 is 0 Å². The normalized spacial score (nSPS) is 15.3. The van der Waals surface area contributed by atoms with Gasteiger partial charge in [-0.25, -0.2) is 0 Å². The van der Waals surface area contributed by atoms with E-state index in [1.165, 1.54) is 17.0 Å². The molecule has 8 heteroatoms. The third-order valence-corrected chi connectivity index (χ3v) is 4.73. The van der Waals surface area contributed by atoms with Gasteiger partial charge in [-0.15, -0.1) is 22.6 Å². The summed E-state index contributed by atoms with van der Waals surface area (Å²) in [7, 11) is 1.71. The fourth-order valence-corrected chi connectivity index (χ4v) is 3.26. The molecule has 23 heavy (non-hydrogen) atoms. The van der Waals surface area contributed by atoms with E-state index >= 15 is 0 Å². The summed E-state index contributed by atoms with van der Waals surface area (Å²) < 4.78 is 5.30. The molecule has 0 saturated carbocycles. The number of hydrogen-bond acceptors (Lipinski definition) is 7. The third kappa shape index (κ3) is 4.70. The van der Waals surface area contributed by atoms with Gasteiger partial charge in [0.05, 0.1) is 7.11 Å². The molecule has 0 radical (unpaired) electrons. The van der Waals surface area contributed by atoms with Crippen molar-refractivity contribution in [1.82, 2.24) is 15.1 Å². The summed E-state index contributed by atoms with van der Waals surface area (Å²) in [5, 5.41) is 9.51. The van der Waals surface area contributed by atoms with Crippen LogP contribution in [0, 0.1) is 0 Å². The Morgan fingerprint density at radius 1 is 1.22 bits per heavy atom. The van der Waals surface area contributed by atoms with Crippen molar-refractivity contribution >= 4 is 34.6 Å². The molecule has 0 atom stereocenters. The van der Waals surface area contributed by atoms with Crippen molar-refractivity contribution in [1.29, 1.82) is 0 Å². The molecule has 126 valence electrons. The Bertz CT molecular complexity index is 615. The number of rotatable bonds is 5. The van der Waals surface area contributed by atoms with Gasteiger partial charge in [0.25, 0.3) is 0 Å². The lowest BCUT2D eigenvalue weighted by Gasteiger charge is -2.36. The largest absolute Gasteiger partial charge is 0.497 e. The molecule has 1 saturated heterocycles. The van der Waals surface area contributed by atoms with Crippen molar-refractivity contribution < 1.29 is 4.74 Å². The third-order valence-electron chi connectivity index (χ3n) is 3.92. The first-order valence-corrected chi connectivity index (χ1v) is 8.25. The number of halogens is 1. The van der Waals surface area contributed by atoms with Gasteiger partial charge >= 0.3 is 0 Å². The summed E-state index contributed by atoms with van der Waals surface area (Å²) >= 11 is 1.48. The number of piperazine rings is 1.